The van der Waals surface area contributed by atoms with Gasteiger partial charge in [0.15, 0.2) is 6.10 Å². The molecule has 72 valence electrons. The molecule has 0 aromatic heterocycles. The second-order valence-electron chi connectivity index (χ2n) is 3.38. The van der Waals surface area contributed by atoms with Crippen molar-refractivity contribution < 1.29 is 4.74 Å². The van der Waals surface area contributed by atoms with Crippen molar-refractivity contribution in [1.29, 1.82) is 5.26 Å². The smallest absolute Gasteiger partial charge is 0.178 e. The van der Waals surface area contributed by atoms with Crippen molar-refractivity contribution in [2.45, 2.75) is 25.0 Å². The fourth-order valence-corrected chi connectivity index (χ4v) is 1.94. The fourth-order valence-electron chi connectivity index (χ4n) is 1.75. The van der Waals surface area contributed by atoms with Gasteiger partial charge in [-0.15, -0.1) is 0 Å². The van der Waals surface area contributed by atoms with Gasteiger partial charge in [-0.05, 0) is 24.1 Å². The highest BCUT2D eigenvalue weighted by atomic mass is 35.5. The molecule has 2 atom stereocenters. The van der Waals surface area contributed by atoms with Crippen LogP contribution in [0.3, 0.4) is 0 Å². The Labute approximate surface area is 88.1 Å². The number of nitrogens with zero attached hydrogens (tertiary/aromatic N) is 1. The van der Waals surface area contributed by atoms with Gasteiger partial charge >= 0.3 is 0 Å². The predicted octanol–water partition coefficient (Wildman–Crippen LogP) is 2.87. The first-order valence-corrected chi connectivity index (χ1v) is 4.94. The molecule has 1 aromatic carbocycles. The molecule has 0 spiro atoms. The molecule has 0 N–H and O–H groups in total. The molecule has 2 nitrogen and oxygen atoms in total. The molecule has 0 radical (unpaired) electrons. The van der Waals surface area contributed by atoms with Crippen LogP contribution in [0.15, 0.2) is 24.3 Å². The Bertz CT molecular complexity index is 399. The van der Waals surface area contributed by atoms with Crippen LogP contribution in [0, 0.1) is 11.3 Å². The lowest BCUT2D eigenvalue weighted by molar-refractivity contribution is 0.295. The maximum Gasteiger partial charge on any atom is 0.178 e. The van der Waals surface area contributed by atoms with E-state index in [0.29, 0.717) is 5.02 Å². The van der Waals surface area contributed by atoms with Crippen molar-refractivity contribution >= 4 is 11.6 Å². The van der Waals surface area contributed by atoms with Gasteiger partial charge in [-0.25, -0.2) is 0 Å². The summed E-state index contributed by atoms with van der Waals surface area (Å²) in [6.07, 6.45) is 0.483. The first kappa shape index (κ1) is 9.51. The van der Waals surface area contributed by atoms with Gasteiger partial charge in [0, 0.05) is 5.02 Å². The molecule has 1 aliphatic heterocycles. The molecule has 0 amide bonds. The van der Waals surface area contributed by atoms with Gasteiger partial charge in [-0.2, -0.15) is 5.26 Å². The van der Waals surface area contributed by atoms with Crippen LogP contribution in [-0.2, 0) is 10.3 Å². The van der Waals surface area contributed by atoms with Crippen molar-refractivity contribution in [2.75, 3.05) is 0 Å². The van der Waals surface area contributed by atoms with E-state index in [1.807, 2.05) is 31.2 Å². The van der Waals surface area contributed by atoms with Crippen LogP contribution in [0.2, 0.25) is 5.02 Å². The lowest BCUT2D eigenvalue weighted by Crippen LogP contribution is -2.10. The highest BCUT2D eigenvalue weighted by Gasteiger charge is 2.56. The number of benzene rings is 1. The van der Waals surface area contributed by atoms with Crippen molar-refractivity contribution in [1.82, 2.24) is 0 Å². The predicted molar refractivity (Wildman–Crippen MR) is 53.9 cm³/mol. The van der Waals surface area contributed by atoms with E-state index < -0.39 is 5.60 Å². The average Bonchev–Trinajstić information content (AvgIpc) is 2.93. The summed E-state index contributed by atoms with van der Waals surface area (Å²) in [6, 6.07) is 9.65. The fraction of sp³-hybridized carbons (Fsp3) is 0.364. The summed E-state index contributed by atoms with van der Waals surface area (Å²) in [7, 11) is 0. The van der Waals surface area contributed by atoms with Crippen LogP contribution in [0.25, 0.3) is 0 Å². The molecule has 14 heavy (non-hydrogen) atoms. The van der Waals surface area contributed by atoms with E-state index in [4.69, 9.17) is 21.6 Å². The number of epoxide rings is 1. The largest absolute Gasteiger partial charge is 0.345 e. The minimum absolute atomic E-state index is 0.314. The summed E-state index contributed by atoms with van der Waals surface area (Å²) in [6.45, 7) is 2.01. The van der Waals surface area contributed by atoms with E-state index in [1.165, 1.54) is 0 Å². The van der Waals surface area contributed by atoms with Crippen LogP contribution in [0.5, 0.6) is 0 Å². The Morgan fingerprint density at radius 2 is 2.43 bits per heavy atom. The molecule has 3 heteroatoms. The Morgan fingerprint density at radius 1 is 1.64 bits per heavy atom. The van der Waals surface area contributed by atoms with E-state index in [-0.39, 0.29) is 6.10 Å². The Kier molecular flexibility index (Phi) is 2.22. The summed E-state index contributed by atoms with van der Waals surface area (Å²) in [5.41, 5.74) is 0.596. The van der Waals surface area contributed by atoms with Gasteiger partial charge in [0.25, 0.3) is 0 Å². The van der Waals surface area contributed by atoms with Crippen LogP contribution in [0.1, 0.15) is 18.9 Å². The van der Waals surface area contributed by atoms with E-state index >= 15 is 0 Å². The van der Waals surface area contributed by atoms with Crippen molar-refractivity contribution in [3.63, 3.8) is 0 Å². The van der Waals surface area contributed by atoms with Crippen LogP contribution in [0.4, 0.5) is 0 Å². The maximum absolute atomic E-state index is 8.80. The quantitative estimate of drug-likeness (QED) is 0.700. The Morgan fingerprint density at radius 3 is 2.93 bits per heavy atom. The summed E-state index contributed by atoms with van der Waals surface area (Å²) in [4.78, 5) is 0. The summed E-state index contributed by atoms with van der Waals surface area (Å²) in [5.74, 6) is 0. The highest BCUT2D eigenvalue weighted by molar-refractivity contribution is 6.30. The van der Waals surface area contributed by atoms with E-state index in [1.54, 1.807) is 0 Å². The third-order valence-corrected chi connectivity index (χ3v) is 2.89. The van der Waals surface area contributed by atoms with Crippen molar-refractivity contribution in [3.8, 4) is 6.07 Å². The minimum atomic E-state index is -0.403. The zero-order valence-corrected chi connectivity index (χ0v) is 8.58. The SMILES string of the molecule is CCC1(c2cccc(Cl)c2)OC1C#N. The van der Waals surface area contributed by atoms with Gasteiger partial charge in [-0.1, -0.05) is 30.7 Å². The van der Waals surface area contributed by atoms with E-state index in [0.717, 1.165) is 12.0 Å². The molecular weight excluding hydrogens is 198 g/mol. The molecule has 0 aliphatic carbocycles. The molecule has 1 heterocycles. The van der Waals surface area contributed by atoms with Gasteiger partial charge in [0.2, 0.25) is 0 Å². The normalized spacial score (nSPS) is 29.6. The lowest BCUT2D eigenvalue weighted by atomic mass is 9.93. The summed E-state index contributed by atoms with van der Waals surface area (Å²) >= 11 is 5.89. The second kappa shape index (κ2) is 3.27. The molecule has 2 rings (SSSR count). The van der Waals surface area contributed by atoms with Crippen LogP contribution in [-0.4, -0.2) is 6.10 Å². The topological polar surface area (TPSA) is 36.3 Å². The molecule has 0 saturated carbocycles. The monoisotopic (exact) mass is 207 g/mol. The second-order valence-corrected chi connectivity index (χ2v) is 3.82. The standard InChI is InChI=1S/C11H10ClNO/c1-2-11(10(7-13)14-11)8-4-3-5-9(12)6-8/h3-6,10H,2H2,1H3. The van der Waals surface area contributed by atoms with Crippen LogP contribution >= 0.6 is 11.6 Å². The zero-order chi connectivity index (χ0) is 10.2. The van der Waals surface area contributed by atoms with Crippen molar-refractivity contribution in [3.05, 3.63) is 34.9 Å². The van der Waals surface area contributed by atoms with Gasteiger partial charge in [0.05, 0.1) is 6.07 Å². The highest BCUT2D eigenvalue weighted by Crippen LogP contribution is 2.48. The Hall–Kier alpha value is -1.04. The lowest BCUT2D eigenvalue weighted by Gasteiger charge is -2.09. The number of ether oxygens (including phenoxy) is 1. The molecular formula is C11H10ClNO. The van der Waals surface area contributed by atoms with Crippen molar-refractivity contribution in [2.24, 2.45) is 0 Å². The number of rotatable bonds is 2. The Balaban J connectivity index is 2.36. The molecule has 1 aromatic rings. The summed E-state index contributed by atoms with van der Waals surface area (Å²) < 4.78 is 5.42. The molecule has 1 fully saturated rings. The zero-order valence-electron chi connectivity index (χ0n) is 7.83. The van der Waals surface area contributed by atoms with E-state index in [2.05, 4.69) is 6.07 Å². The third-order valence-electron chi connectivity index (χ3n) is 2.65. The maximum atomic E-state index is 8.80. The molecule has 1 saturated heterocycles. The number of halogens is 1. The third kappa shape index (κ3) is 1.30. The minimum Gasteiger partial charge on any atom is -0.345 e. The van der Waals surface area contributed by atoms with Gasteiger partial charge < -0.3 is 4.74 Å². The van der Waals surface area contributed by atoms with Gasteiger partial charge in [-0.3, -0.25) is 0 Å². The first-order chi connectivity index (χ1) is 6.73. The van der Waals surface area contributed by atoms with Gasteiger partial charge in [0.1, 0.15) is 5.60 Å². The molecule has 2 unspecified atom stereocenters. The summed E-state index contributed by atoms with van der Waals surface area (Å²) in [5, 5.41) is 9.48. The number of nitriles is 1. The molecule has 1 aliphatic rings. The van der Waals surface area contributed by atoms with E-state index in [9.17, 15) is 0 Å². The first-order valence-electron chi connectivity index (χ1n) is 4.56. The number of hydrogen-bond acceptors (Lipinski definition) is 2. The molecule has 0 bridgehead atoms. The van der Waals surface area contributed by atoms with Crippen LogP contribution < -0.4 is 0 Å². The average molecular weight is 208 g/mol. The number of hydrogen-bond donors (Lipinski definition) is 0.